The number of nitrogens with zero attached hydrogens (tertiary/aromatic N) is 3. The van der Waals surface area contributed by atoms with Crippen molar-refractivity contribution in [3.63, 3.8) is 0 Å². The predicted octanol–water partition coefficient (Wildman–Crippen LogP) is 4.94. The predicted molar refractivity (Wildman–Crippen MR) is 129 cm³/mol. The Morgan fingerprint density at radius 2 is 1.89 bits per heavy atom. The average Bonchev–Trinajstić information content (AvgIpc) is 3.36. The number of phenols is 1. The number of hydrogen-bond acceptors (Lipinski definition) is 6. The maximum atomic E-state index is 13.1. The van der Waals surface area contributed by atoms with Gasteiger partial charge in [-0.3, -0.25) is 9.89 Å². The van der Waals surface area contributed by atoms with E-state index in [4.69, 9.17) is 0 Å². The summed E-state index contributed by atoms with van der Waals surface area (Å²) >= 11 is 0. The molecule has 5 rings (SSSR count). The summed E-state index contributed by atoms with van der Waals surface area (Å²) in [5, 5.41) is 41.3. The van der Waals surface area contributed by atoms with Crippen molar-refractivity contribution >= 4 is 17.3 Å². The summed E-state index contributed by atoms with van der Waals surface area (Å²) in [4.78, 5) is 24.4. The first kappa shape index (κ1) is 22.3. The number of aryl methyl sites for hydroxylation is 2. The van der Waals surface area contributed by atoms with Gasteiger partial charge in [-0.25, -0.2) is 9.48 Å². The van der Waals surface area contributed by atoms with Crippen molar-refractivity contribution in [2.24, 2.45) is 10.2 Å². The number of carbonyl (C=O) groups is 1. The molecule has 176 valence electrons. The number of aliphatic hydroxyl groups excluding tert-OH is 1. The number of para-hydroxylation sites is 1. The maximum Gasteiger partial charge on any atom is 0.335 e. The van der Waals surface area contributed by atoms with Gasteiger partial charge in [0.2, 0.25) is 0 Å². The van der Waals surface area contributed by atoms with Crippen LogP contribution < -0.4 is 5.56 Å². The van der Waals surface area contributed by atoms with E-state index in [0.717, 1.165) is 17.5 Å². The summed E-state index contributed by atoms with van der Waals surface area (Å²) in [6.07, 6.45) is 0.941. The van der Waals surface area contributed by atoms with Gasteiger partial charge in [-0.15, -0.1) is 10.2 Å². The summed E-state index contributed by atoms with van der Waals surface area (Å²) < 4.78 is 1.38. The smallest absolute Gasteiger partial charge is 0.335 e. The number of phenolic OH excluding ortho intramolecular Hbond substituents is 1. The van der Waals surface area contributed by atoms with Gasteiger partial charge >= 0.3 is 5.97 Å². The Bertz CT molecular complexity index is 1550. The Morgan fingerprint density at radius 3 is 2.69 bits per heavy atom. The molecule has 0 radical (unpaired) electrons. The summed E-state index contributed by atoms with van der Waals surface area (Å²) in [6.45, 7) is 1.71. The number of fused-ring (bicyclic) bond motifs is 1. The largest absolute Gasteiger partial charge is 0.505 e. The standard InChI is InChI=1S/C26H22N4O5/c1-14-23(25(33)30(29-14)18-9-10-19-16(13-18)8-11-22(19)31)28-27-21-7-3-6-20(24(21)32)15-4-2-5-17(12-15)26(34)35/h2-7,9-10,12-13,22,29,31-32H,8,11H2,1H3,(H,34,35). The van der Waals surface area contributed by atoms with Crippen molar-refractivity contribution in [3.05, 3.63) is 93.4 Å². The van der Waals surface area contributed by atoms with Gasteiger partial charge in [0.05, 0.1) is 23.0 Å². The van der Waals surface area contributed by atoms with Gasteiger partial charge in [0.1, 0.15) is 5.69 Å². The Labute approximate surface area is 199 Å². The summed E-state index contributed by atoms with van der Waals surface area (Å²) in [6, 6.07) is 16.6. The molecule has 0 saturated carbocycles. The normalized spacial score (nSPS) is 15.0. The first-order valence-corrected chi connectivity index (χ1v) is 11.0. The van der Waals surface area contributed by atoms with Crippen molar-refractivity contribution in [1.82, 2.24) is 9.78 Å². The lowest BCUT2D eigenvalue weighted by molar-refractivity contribution is 0.0697. The van der Waals surface area contributed by atoms with E-state index in [1.807, 2.05) is 12.1 Å². The Kier molecular flexibility index (Phi) is 5.54. The van der Waals surface area contributed by atoms with Gasteiger partial charge < -0.3 is 15.3 Å². The molecule has 3 aromatic carbocycles. The molecule has 0 spiro atoms. The molecule has 1 aliphatic rings. The van der Waals surface area contributed by atoms with Crippen molar-refractivity contribution in [2.75, 3.05) is 0 Å². The van der Waals surface area contributed by atoms with Gasteiger partial charge in [0.25, 0.3) is 5.56 Å². The van der Waals surface area contributed by atoms with Crippen molar-refractivity contribution in [1.29, 1.82) is 0 Å². The Morgan fingerprint density at radius 1 is 1.09 bits per heavy atom. The summed E-state index contributed by atoms with van der Waals surface area (Å²) in [5.41, 5.74) is 3.88. The number of aromatic hydroxyl groups is 1. The van der Waals surface area contributed by atoms with E-state index in [-0.39, 0.29) is 22.7 Å². The molecule has 9 heteroatoms. The first-order chi connectivity index (χ1) is 16.8. The molecule has 0 amide bonds. The van der Waals surface area contributed by atoms with Gasteiger partial charge in [0.15, 0.2) is 11.4 Å². The molecular formula is C26H22N4O5. The van der Waals surface area contributed by atoms with E-state index in [9.17, 15) is 24.9 Å². The van der Waals surface area contributed by atoms with Crippen LogP contribution in [0.1, 0.15) is 39.7 Å². The molecule has 1 heterocycles. The fourth-order valence-electron chi connectivity index (χ4n) is 4.33. The van der Waals surface area contributed by atoms with Gasteiger partial charge in [-0.2, -0.15) is 0 Å². The zero-order valence-corrected chi connectivity index (χ0v) is 18.8. The molecule has 1 aromatic heterocycles. The van der Waals surface area contributed by atoms with Crippen LogP contribution in [0, 0.1) is 6.92 Å². The third kappa shape index (κ3) is 4.02. The molecule has 1 atom stereocenters. The third-order valence-electron chi connectivity index (χ3n) is 6.16. The molecule has 35 heavy (non-hydrogen) atoms. The number of nitrogens with one attached hydrogen (secondary N) is 1. The monoisotopic (exact) mass is 470 g/mol. The molecule has 9 nitrogen and oxygen atoms in total. The molecule has 4 aromatic rings. The van der Waals surface area contributed by atoms with Crippen molar-refractivity contribution in [2.45, 2.75) is 25.9 Å². The molecular weight excluding hydrogens is 448 g/mol. The van der Waals surface area contributed by atoms with E-state index < -0.39 is 17.6 Å². The minimum Gasteiger partial charge on any atom is -0.505 e. The van der Waals surface area contributed by atoms with Crippen LogP contribution in [0.5, 0.6) is 5.75 Å². The second-order valence-electron chi connectivity index (χ2n) is 8.42. The highest BCUT2D eigenvalue weighted by Crippen LogP contribution is 2.38. The quantitative estimate of drug-likeness (QED) is 0.306. The van der Waals surface area contributed by atoms with Gasteiger partial charge in [-0.1, -0.05) is 30.3 Å². The zero-order valence-electron chi connectivity index (χ0n) is 18.8. The van der Waals surface area contributed by atoms with Crippen LogP contribution in [0.3, 0.4) is 0 Å². The minimum absolute atomic E-state index is 0.0958. The van der Waals surface area contributed by atoms with Crippen LogP contribution in [0.4, 0.5) is 11.4 Å². The lowest BCUT2D eigenvalue weighted by Gasteiger charge is -2.07. The summed E-state index contributed by atoms with van der Waals surface area (Å²) in [7, 11) is 0. The zero-order chi connectivity index (χ0) is 24.7. The number of aliphatic hydroxyl groups is 1. The van der Waals surface area contributed by atoms with E-state index in [1.165, 1.54) is 16.8 Å². The van der Waals surface area contributed by atoms with Crippen molar-refractivity contribution < 1.29 is 20.1 Å². The molecule has 4 N–H and O–H groups in total. The molecule has 0 saturated heterocycles. The number of aromatic amines is 1. The molecule has 0 aliphatic heterocycles. The number of carboxylic acid groups (broad SMARTS) is 1. The van der Waals surface area contributed by atoms with Crippen molar-refractivity contribution in [3.8, 4) is 22.6 Å². The highest BCUT2D eigenvalue weighted by Gasteiger charge is 2.21. The van der Waals surface area contributed by atoms with E-state index >= 15 is 0 Å². The van der Waals surface area contributed by atoms with Crippen LogP contribution in [0.25, 0.3) is 16.8 Å². The van der Waals surface area contributed by atoms with Crippen LogP contribution in [0.2, 0.25) is 0 Å². The Hall–Kier alpha value is -4.50. The number of aromatic carboxylic acids is 1. The van der Waals surface area contributed by atoms with Crippen LogP contribution >= 0.6 is 0 Å². The van der Waals surface area contributed by atoms with Crippen LogP contribution in [-0.2, 0) is 6.42 Å². The van der Waals surface area contributed by atoms with Crippen LogP contribution in [-0.4, -0.2) is 31.1 Å². The highest BCUT2D eigenvalue weighted by molar-refractivity contribution is 5.90. The number of benzene rings is 3. The number of carboxylic acids is 1. The number of hydrogen-bond donors (Lipinski definition) is 4. The number of aromatic nitrogens is 2. The highest BCUT2D eigenvalue weighted by atomic mass is 16.4. The van der Waals surface area contributed by atoms with Gasteiger partial charge in [-0.05, 0) is 66.8 Å². The maximum absolute atomic E-state index is 13.1. The second-order valence-corrected chi connectivity index (χ2v) is 8.42. The van der Waals surface area contributed by atoms with E-state index in [0.29, 0.717) is 28.9 Å². The van der Waals surface area contributed by atoms with E-state index in [1.54, 1.807) is 43.3 Å². The lowest BCUT2D eigenvalue weighted by Crippen LogP contribution is -2.14. The fraction of sp³-hybridized carbons (Fsp3) is 0.154. The average molecular weight is 470 g/mol. The van der Waals surface area contributed by atoms with Crippen LogP contribution in [0.15, 0.2) is 75.7 Å². The Balaban J connectivity index is 1.48. The molecule has 1 unspecified atom stereocenters. The van der Waals surface area contributed by atoms with E-state index in [2.05, 4.69) is 15.3 Å². The topological polar surface area (TPSA) is 140 Å². The number of azo groups is 1. The first-order valence-electron chi connectivity index (χ1n) is 11.0. The minimum atomic E-state index is -1.07. The lowest BCUT2D eigenvalue weighted by atomic mass is 10.0. The molecule has 0 bridgehead atoms. The SMILES string of the molecule is Cc1[nH]n(-c2ccc3c(c2)CCC3O)c(=O)c1N=Nc1cccc(-c2cccc(C(=O)O)c2)c1O. The number of H-pyrrole nitrogens is 1. The second kappa shape index (κ2) is 8.69. The third-order valence-corrected chi connectivity index (χ3v) is 6.16. The summed E-state index contributed by atoms with van der Waals surface area (Å²) in [5.74, 6) is -1.24. The van der Waals surface area contributed by atoms with Gasteiger partial charge in [0, 0.05) is 5.56 Å². The molecule has 1 aliphatic carbocycles. The fourth-order valence-corrected chi connectivity index (χ4v) is 4.33. The molecule has 0 fully saturated rings. The number of rotatable bonds is 5.